The van der Waals surface area contributed by atoms with Crippen molar-refractivity contribution in [2.24, 2.45) is 5.73 Å². The Bertz CT molecular complexity index is 1100. The van der Waals surface area contributed by atoms with E-state index in [1.54, 1.807) is 18.2 Å². The van der Waals surface area contributed by atoms with Gasteiger partial charge in [0, 0.05) is 19.6 Å². The molecule has 1 atom stereocenters. The molecule has 0 unspecified atom stereocenters. The molecule has 0 spiro atoms. The molecule has 168 valence electrons. The highest BCUT2D eigenvalue weighted by atomic mass is 16.5. The second-order valence-corrected chi connectivity index (χ2v) is 7.32. The molecule has 1 aromatic heterocycles. The smallest absolute Gasteiger partial charge is 0.258 e. The van der Waals surface area contributed by atoms with Gasteiger partial charge in [0.25, 0.3) is 5.56 Å². The van der Waals surface area contributed by atoms with Gasteiger partial charge in [-0.1, -0.05) is 6.07 Å². The Morgan fingerprint density at radius 1 is 1.31 bits per heavy atom. The molecule has 3 heterocycles. The largest absolute Gasteiger partial charge is 0.490 e. The number of rotatable bonds is 7. The summed E-state index contributed by atoms with van der Waals surface area (Å²) in [5.41, 5.74) is 6.57. The Kier molecular flexibility index (Phi) is 6.58. The first-order chi connectivity index (χ1) is 15.6. The third-order valence-corrected chi connectivity index (χ3v) is 5.39. The van der Waals surface area contributed by atoms with E-state index in [9.17, 15) is 10.1 Å². The number of morpholine rings is 1. The van der Waals surface area contributed by atoms with Gasteiger partial charge in [-0.3, -0.25) is 9.69 Å². The van der Waals surface area contributed by atoms with Crippen molar-refractivity contribution in [3.63, 3.8) is 0 Å². The van der Waals surface area contributed by atoms with Gasteiger partial charge >= 0.3 is 0 Å². The van der Waals surface area contributed by atoms with Crippen LogP contribution in [0.4, 0.5) is 0 Å². The number of nitrogens with one attached hydrogen (secondary N) is 1. The van der Waals surface area contributed by atoms with Gasteiger partial charge < -0.3 is 29.7 Å². The highest BCUT2D eigenvalue weighted by Gasteiger charge is 2.34. The summed E-state index contributed by atoms with van der Waals surface area (Å²) in [4.78, 5) is 21.5. The molecule has 10 nitrogen and oxygen atoms in total. The van der Waals surface area contributed by atoms with Crippen molar-refractivity contribution in [3.05, 3.63) is 57.5 Å². The van der Waals surface area contributed by atoms with Crippen molar-refractivity contribution in [3.8, 4) is 23.4 Å². The zero-order valence-electron chi connectivity index (χ0n) is 17.8. The van der Waals surface area contributed by atoms with Crippen LogP contribution in [0.3, 0.4) is 0 Å². The minimum Gasteiger partial charge on any atom is -0.490 e. The van der Waals surface area contributed by atoms with Crippen LogP contribution in [0.25, 0.3) is 0 Å². The fraction of sp³-hybridized carbons (Fsp3) is 0.409. The standard InChI is InChI=1S/C22H25N5O5/c1-2-30-17-11-14(3-4-16(17)31-10-7-27-5-8-29-9-6-27)18-15(12-23)20(24)32-22-19(18)21(28)25-13-26-22/h3-4,11,13,18H,2,5-10,24H2,1H3,(H,25,26,28)/t18-/m1/s1. The van der Waals surface area contributed by atoms with Crippen molar-refractivity contribution in [2.45, 2.75) is 12.8 Å². The Hall–Kier alpha value is -3.55. The van der Waals surface area contributed by atoms with E-state index in [2.05, 4.69) is 20.9 Å². The van der Waals surface area contributed by atoms with Crippen LogP contribution in [0, 0.1) is 11.3 Å². The number of aromatic nitrogens is 2. The lowest BCUT2D eigenvalue weighted by Gasteiger charge is -2.27. The van der Waals surface area contributed by atoms with Crippen molar-refractivity contribution in [1.82, 2.24) is 14.9 Å². The van der Waals surface area contributed by atoms with E-state index in [1.807, 2.05) is 6.92 Å². The fourth-order valence-corrected chi connectivity index (χ4v) is 3.83. The molecule has 3 N–H and O–H groups in total. The lowest BCUT2D eigenvalue weighted by molar-refractivity contribution is 0.0321. The highest BCUT2D eigenvalue weighted by molar-refractivity contribution is 5.55. The fourth-order valence-electron chi connectivity index (χ4n) is 3.83. The number of allylic oxidation sites excluding steroid dienone is 1. The Labute approximate surface area is 185 Å². The van der Waals surface area contributed by atoms with E-state index in [4.69, 9.17) is 24.7 Å². The molecule has 0 bridgehead atoms. The molecule has 10 heteroatoms. The zero-order valence-corrected chi connectivity index (χ0v) is 17.8. The van der Waals surface area contributed by atoms with Crippen LogP contribution in [0.15, 0.2) is 40.8 Å². The first kappa shape index (κ1) is 21.7. The summed E-state index contributed by atoms with van der Waals surface area (Å²) in [6.45, 7) is 6.82. The van der Waals surface area contributed by atoms with Crippen LogP contribution in [-0.2, 0) is 4.74 Å². The second-order valence-electron chi connectivity index (χ2n) is 7.32. The van der Waals surface area contributed by atoms with E-state index in [1.165, 1.54) is 6.33 Å². The quantitative estimate of drug-likeness (QED) is 0.650. The molecule has 1 saturated heterocycles. The molecule has 2 aliphatic heterocycles. The van der Waals surface area contributed by atoms with E-state index < -0.39 is 11.5 Å². The second kappa shape index (κ2) is 9.72. The molecule has 0 aliphatic carbocycles. The van der Waals surface area contributed by atoms with Crippen molar-refractivity contribution >= 4 is 0 Å². The topological polar surface area (TPSA) is 136 Å². The van der Waals surface area contributed by atoms with E-state index in [0.29, 0.717) is 30.3 Å². The number of nitrogens with two attached hydrogens (primary N) is 1. The number of aromatic amines is 1. The highest BCUT2D eigenvalue weighted by Crippen LogP contribution is 2.41. The van der Waals surface area contributed by atoms with Gasteiger partial charge in [-0.15, -0.1) is 0 Å². The molecule has 1 aromatic carbocycles. The molecule has 1 fully saturated rings. The van der Waals surface area contributed by atoms with Gasteiger partial charge in [-0.05, 0) is 24.6 Å². The van der Waals surface area contributed by atoms with Gasteiger partial charge in [0.15, 0.2) is 11.5 Å². The lowest BCUT2D eigenvalue weighted by atomic mass is 9.85. The number of ether oxygens (including phenoxy) is 4. The minimum atomic E-state index is -0.734. The van der Waals surface area contributed by atoms with E-state index in [-0.39, 0.29) is 22.9 Å². The maximum atomic E-state index is 12.6. The number of nitriles is 1. The zero-order chi connectivity index (χ0) is 22.5. The van der Waals surface area contributed by atoms with Gasteiger partial charge in [0.05, 0.1) is 37.6 Å². The van der Waals surface area contributed by atoms with Crippen LogP contribution in [-0.4, -0.2) is 60.9 Å². The summed E-state index contributed by atoms with van der Waals surface area (Å²) in [7, 11) is 0. The van der Waals surface area contributed by atoms with E-state index >= 15 is 0 Å². The number of H-pyrrole nitrogens is 1. The van der Waals surface area contributed by atoms with Crippen molar-refractivity contribution in [1.29, 1.82) is 5.26 Å². The van der Waals surface area contributed by atoms with Crippen LogP contribution in [0.5, 0.6) is 17.4 Å². The number of hydrogen-bond donors (Lipinski definition) is 2. The molecule has 0 saturated carbocycles. The maximum absolute atomic E-state index is 12.6. The van der Waals surface area contributed by atoms with Crippen LogP contribution >= 0.6 is 0 Å². The van der Waals surface area contributed by atoms with Crippen molar-refractivity contribution < 1.29 is 18.9 Å². The Morgan fingerprint density at radius 2 is 2.12 bits per heavy atom. The molecular formula is C22H25N5O5. The monoisotopic (exact) mass is 439 g/mol. The summed E-state index contributed by atoms with van der Waals surface area (Å²) < 4.78 is 22.6. The summed E-state index contributed by atoms with van der Waals surface area (Å²) in [5, 5.41) is 9.71. The first-order valence-corrected chi connectivity index (χ1v) is 10.5. The third kappa shape index (κ3) is 4.39. The molecule has 4 rings (SSSR count). The predicted octanol–water partition coefficient (Wildman–Crippen LogP) is 1.10. The van der Waals surface area contributed by atoms with Gasteiger partial charge in [0.2, 0.25) is 11.8 Å². The van der Waals surface area contributed by atoms with Crippen LogP contribution < -0.4 is 25.5 Å². The number of nitrogens with zero attached hydrogens (tertiary/aromatic N) is 3. The molecular weight excluding hydrogens is 414 g/mol. The van der Waals surface area contributed by atoms with E-state index in [0.717, 1.165) is 32.8 Å². The number of fused-ring (bicyclic) bond motifs is 1. The van der Waals surface area contributed by atoms with Crippen molar-refractivity contribution in [2.75, 3.05) is 46.1 Å². The molecule has 2 aromatic rings. The third-order valence-electron chi connectivity index (χ3n) is 5.39. The number of benzene rings is 1. The molecule has 0 amide bonds. The first-order valence-electron chi connectivity index (χ1n) is 10.5. The Balaban J connectivity index is 1.63. The summed E-state index contributed by atoms with van der Waals surface area (Å²) >= 11 is 0. The summed E-state index contributed by atoms with van der Waals surface area (Å²) in [6.07, 6.45) is 1.24. The van der Waals surface area contributed by atoms with Crippen LogP contribution in [0.1, 0.15) is 24.0 Å². The maximum Gasteiger partial charge on any atom is 0.258 e. The molecule has 2 aliphatic rings. The van der Waals surface area contributed by atoms with Gasteiger partial charge in [-0.2, -0.15) is 5.26 Å². The van der Waals surface area contributed by atoms with Crippen LogP contribution in [0.2, 0.25) is 0 Å². The molecule has 0 radical (unpaired) electrons. The summed E-state index contributed by atoms with van der Waals surface area (Å²) in [5.74, 6) is 0.386. The average molecular weight is 439 g/mol. The minimum absolute atomic E-state index is 0.0769. The van der Waals surface area contributed by atoms with Gasteiger partial charge in [-0.25, -0.2) is 4.98 Å². The Morgan fingerprint density at radius 3 is 2.88 bits per heavy atom. The number of hydrogen-bond acceptors (Lipinski definition) is 9. The van der Waals surface area contributed by atoms with Gasteiger partial charge in [0.1, 0.15) is 18.2 Å². The SMILES string of the molecule is CCOc1cc([C@@H]2C(C#N)=C(N)Oc3nc[nH]c(=O)c32)ccc1OCCN1CCOCC1. The lowest BCUT2D eigenvalue weighted by Crippen LogP contribution is -2.38. The molecule has 32 heavy (non-hydrogen) atoms. The summed E-state index contributed by atoms with van der Waals surface area (Å²) in [6, 6.07) is 7.41. The predicted molar refractivity (Wildman–Crippen MR) is 115 cm³/mol. The average Bonchev–Trinajstić information content (AvgIpc) is 2.80. The normalized spacial score (nSPS) is 18.4.